The van der Waals surface area contributed by atoms with Gasteiger partial charge in [-0.3, -0.25) is 0 Å². The highest BCUT2D eigenvalue weighted by Crippen LogP contribution is 2.32. The van der Waals surface area contributed by atoms with E-state index in [-0.39, 0.29) is 0 Å². The Morgan fingerprint density at radius 1 is 0.960 bits per heavy atom. The molecule has 0 saturated heterocycles. The molecule has 0 atom stereocenters. The van der Waals surface area contributed by atoms with Crippen LogP contribution in [0.2, 0.25) is 0 Å². The van der Waals surface area contributed by atoms with E-state index in [1.807, 2.05) is 42.5 Å². The predicted molar refractivity (Wildman–Crippen MR) is 96.3 cm³/mol. The lowest BCUT2D eigenvalue weighted by molar-refractivity contribution is 0.333. The second-order valence-electron chi connectivity index (χ2n) is 6.22. The zero-order valence-corrected chi connectivity index (χ0v) is 14.7. The van der Waals surface area contributed by atoms with E-state index in [4.69, 9.17) is 4.52 Å². The quantitative estimate of drug-likeness (QED) is 0.724. The number of benzene rings is 2. The van der Waals surface area contributed by atoms with Crippen LogP contribution in [0.1, 0.15) is 11.3 Å². The van der Waals surface area contributed by atoms with Crippen LogP contribution in [0.15, 0.2) is 59.1 Å². The molecule has 3 aromatic rings. The second-order valence-corrected chi connectivity index (χ2v) is 8.21. The minimum atomic E-state index is -3.22. The number of rotatable bonds is 3. The van der Waals surface area contributed by atoms with Crippen molar-refractivity contribution in [2.75, 3.05) is 12.8 Å². The van der Waals surface area contributed by atoms with Crippen LogP contribution in [0.25, 0.3) is 22.4 Å². The molecule has 0 aliphatic carbocycles. The van der Waals surface area contributed by atoms with E-state index in [2.05, 4.69) is 17.3 Å². The van der Waals surface area contributed by atoms with Gasteiger partial charge in [0.15, 0.2) is 0 Å². The topological polar surface area (TPSA) is 63.4 Å². The number of hydrogen-bond donors (Lipinski definition) is 0. The first-order valence-electron chi connectivity index (χ1n) is 8.11. The summed E-state index contributed by atoms with van der Waals surface area (Å²) >= 11 is 0. The predicted octanol–water partition coefficient (Wildman–Crippen LogP) is 3.33. The minimum Gasteiger partial charge on any atom is -0.360 e. The molecule has 5 nitrogen and oxygen atoms in total. The molecule has 0 radical (unpaired) electrons. The van der Waals surface area contributed by atoms with Gasteiger partial charge >= 0.3 is 0 Å². The Morgan fingerprint density at radius 3 is 2.28 bits per heavy atom. The molecule has 0 saturated carbocycles. The fourth-order valence-corrected chi connectivity index (χ4v) is 3.93. The van der Waals surface area contributed by atoms with Crippen LogP contribution in [0.3, 0.4) is 0 Å². The lowest BCUT2D eigenvalue weighted by Crippen LogP contribution is -2.34. The molecule has 25 heavy (non-hydrogen) atoms. The van der Waals surface area contributed by atoms with Crippen molar-refractivity contribution in [3.8, 4) is 22.4 Å². The van der Waals surface area contributed by atoms with Gasteiger partial charge in [0, 0.05) is 30.6 Å². The smallest absolute Gasteiger partial charge is 0.211 e. The van der Waals surface area contributed by atoms with Gasteiger partial charge in [0.1, 0.15) is 11.5 Å². The largest absolute Gasteiger partial charge is 0.360 e. The number of aromatic nitrogens is 1. The van der Waals surface area contributed by atoms with E-state index in [9.17, 15) is 8.42 Å². The summed E-state index contributed by atoms with van der Waals surface area (Å²) < 4.78 is 30.6. The first-order chi connectivity index (χ1) is 12.0. The van der Waals surface area contributed by atoms with Gasteiger partial charge in [-0.1, -0.05) is 59.8 Å². The summed E-state index contributed by atoms with van der Waals surface area (Å²) in [5.41, 5.74) is 4.80. The van der Waals surface area contributed by atoms with E-state index in [0.29, 0.717) is 19.5 Å². The highest BCUT2D eigenvalue weighted by molar-refractivity contribution is 7.88. The number of sulfonamides is 1. The van der Waals surface area contributed by atoms with Gasteiger partial charge in [-0.05, 0) is 11.1 Å². The highest BCUT2D eigenvalue weighted by atomic mass is 32.2. The SMILES string of the molecule is CS(=O)(=O)N1CCc2onc(-c3ccc(-c4ccccc4)cc3)c2C1. The summed E-state index contributed by atoms with van der Waals surface area (Å²) in [6, 6.07) is 18.2. The van der Waals surface area contributed by atoms with Crippen LogP contribution < -0.4 is 0 Å². The van der Waals surface area contributed by atoms with Crippen molar-refractivity contribution < 1.29 is 12.9 Å². The molecule has 128 valence electrons. The van der Waals surface area contributed by atoms with E-state index < -0.39 is 10.0 Å². The van der Waals surface area contributed by atoms with Gasteiger partial charge in [-0.25, -0.2) is 8.42 Å². The first kappa shape index (κ1) is 16.1. The molecule has 0 bridgehead atoms. The molecular formula is C19H18N2O3S. The molecule has 2 heterocycles. The Hall–Kier alpha value is -2.44. The maximum atomic E-state index is 11.8. The van der Waals surface area contributed by atoms with Crippen LogP contribution in [-0.4, -0.2) is 30.7 Å². The maximum absolute atomic E-state index is 11.8. The van der Waals surface area contributed by atoms with E-state index in [1.54, 1.807) is 0 Å². The van der Waals surface area contributed by atoms with Crippen molar-refractivity contribution in [3.05, 3.63) is 65.9 Å². The van der Waals surface area contributed by atoms with E-state index in [1.165, 1.54) is 10.6 Å². The summed E-state index contributed by atoms with van der Waals surface area (Å²) in [4.78, 5) is 0. The zero-order valence-electron chi connectivity index (χ0n) is 13.8. The normalized spacial score (nSPS) is 15.1. The maximum Gasteiger partial charge on any atom is 0.211 e. The van der Waals surface area contributed by atoms with E-state index in [0.717, 1.165) is 33.7 Å². The van der Waals surface area contributed by atoms with Crippen LogP contribution >= 0.6 is 0 Å². The second kappa shape index (κ2) is 6.13. The number of nitrogens with zero attached hydrogens (tertiary/aromatic N) is 2. The van der Waals surface area contributed by atoms with Crippen molar-refractivity contribution in [1.82, 2.24) is 9.46 Å². The Balaban J connectivity index is 1.67. The average Bonchev–Trinajstić information content (AvgIpc) is 3.05. The standard InChI is InChI=1S/C19H18N2O3S/c1-25(22,23)21-12-11-18-17(13-21)19(20-24-18)16-9-7-15(8-10-16)14-5-3-2-4-6-14/h2-10H,11-13H2,1H3. The molecule has 1 aliphatic heterocycles. The first-order valence-corrected chi connectivity index (χ1v) is 9.95. The molecule has 0 amide bonds. The van der Waals surface area contributed by atoms with Crippen LogP contribution in [0.4, 0.5) is 0 Å². The van der Waals surface area contributed by atoms with Crippen molar-refractivity contribution >= 4 is 10.0 Å². The van der Waals surface area contributed by atoms with Crippen LogP contribution in [0.5, 0.6) is 0 Å². The third kappa shape index (κ3) is 3.10. The summed E-state index contributed by atoms with van der Waals surface area (Å²) in [6.45, 7) is 0.751. The van der Waals surface area contributed by atoms with Gasteiger partial charge in [-0.2, -0.15) is 4.31 Å². The fourth-order valence-electron chi connectivity index (χ4n) is 3.15. The van der Waals surface area contributed by atoms with Crippen LogP contribution in [-0.2, 0) is 23.0 Å². The molecule has 0 N–H and O–H groups in total. The highest BCUT2D eigenvalue weighted by Gasteiger charge is 2.29. The Bertz CT molecular complexity index is 993. The minimum absolute atomic E-state index is 0.313. The third-order valence-electron chi connectivity index (χ3n) is 4.53. The summed E-state index contributed by atoms with van der Waals surface area (Å²) in [6.07, 6.45) is 1.79. The van der Waals surface area contributed by atoms with Crippen molar-refractivity contribution in [2.24, 2.45) is 0 Å². The molecule has 0 fully saturated rings. The molecule has 4 rings (SSSR count). The monoisotopic (exact) mass is 354 g/mol. The van der Waals surface area contributed by atoms with Gasteiger partial charge in [-0.15, -0.1) is 0 Å². The van der Waals surface area contributed by atoms with E-state index >= 15 is 0 Å². The van der Waals surface area contributed by atoms with Gasteiger partial charge in [0.05, 0.1) is 6.26 Å². The zero-order chi connectivity index (χ0) is 17.4. The van der Waals surface area contributed by atoms with Gasteiger partial charge < -0.3 is 4.52 Å². The molecule has 1 aliphatic rings. The van der Waals surface area contributed by atoms with Crippen molar-refractivity contribution in [3.63, 3.8) is 0 Å². The Morgan fingerprint density at radius 2 is 1.60 bits per heavy atom. The number of hydrogen-bond acceptors (Lipinski definition) is 4. The average molecular weight is 354 g/mol. The molecule has 0 unspecified atom stereocenters. The molecule has 0 spiro atoms. The van der Waals surface area contributed by atoms with Gasteiger partial charge in [0.25, 0.3) is 0 Å². The molecule has 2 aromatic carbocycles. The summed E-state index contributed by atoms with van der Waals surface area (Å²) in [5, 5.41) is 4.19. The lowest BCUT2D eigenvalue weighted by Gasteiger charge is -2.23. The lowest BCUT2D eigenvalue weighted by atomic mass is 9.99. The summed E-state index contributed by atoms with van der Waals surface area (Å²) in [5.74, 6) is 0.780. The third-order valence-corrected chi connectivity index (χ3v) is 5.78. The molecular weight excluding hydrogens is 336 g/mol. The molecule has 1 aromatic heterocycles. The fraction of sp³-hybridized carbons (Fsp3) is 0.211. The Kier molecular flexibility index (Phi) is 3.94. The van der Waals surface area contributed by atoms with Crippen LogP contribution in [0, 0.1) is 0 Å². The van der Waals surface area contributed by atoms with Crippen molar-refractivity contribution in [2.45, 2.75) is 13.0 Å². The Labute approximate surface area is 146 Å². The van der Waals surface area contributed by atoms with Gasteiger partial charge in [0.2, 0.25) is 10.0 Å². The summed E-state index contributed by atoms with van der Waals surface area (Å²) in [7, 11) is -3.22. The number of fused-ring (bicyclic) bond motifs is 1. The van der Waals surface area contributed by atoms with Crippen molar-refractivity contribution in [1.29, 1.82) is 0 Å². The molecule has 6 heteroatoms.